The van der Waals surface area contributed by atoms with Crippen LogP contribution in [0.15, 0.2) is 24.3 Å². The van der Waals surface area contributed by atoms with Crippen molar-refractivity contribution in [2.24, 2.45) is 0 Å². The number of carbonyl (C=O) groups excluding carboxylic acids is 1. The molecule has 1 aromatic carbocycles. The number of esters is 1. The lowest BCUT2D eigenvalue weighted by Crippen LogP contribution is -2.41. The lowest BCUT2D eigenvalue weighted by Gasteiger charge is -2.37. The summed E-state index contributed by atoms with van der Waals surface area (Å²) in [5.74, 6) is 0.541. The van der Waals surface area contributed by atoms with Gasteiger partial charge < -0.3 is 10.1 Å². The minimum atomic E-state index is -0.141. The highest BCUT2D eigenvalue weighted by atomic mass is 16.5. The zero-order valence-electron chi connectivity index (χ0n) is 11.1. The molecule has 0 spiro atoms. The van der Waals surface area contributed by atoms with E-state index in [1.807, 2.05) is 0 Å². The van der Waals surface area contributed by atoms with E-state index in [0.717, 1.165) is 6.54 Å². The fourth-order valence-electron chi connectivity index (χ4n) is 2.56. The monoisotopic (exact) mass is 247 g/mol. The van der Waals surface area contributed by atoms with Crippen molar-refractivity contribution in [3.63, 3.8) is 0 Å². The van der Waals surface area contributed by atoms with E-state index in [-0.39, 0.29) is 5.97 Å². The minimum Gasteiger partial charge on any atom is -0.469 e. The van der Waals surface area contributed by atoms with E-state index in [1.54, 1.807) is 0 Å². The molecule has 0 bridgehead atoms. The van der Waals surface area contributed by atoms with Gasteiger partial charge in [-0.3, -0.25) is 4.79 Å². The second-order valence-electron chi connectivity index (χ2n) is 5.00. The molecule has 18 heavy (non-hydrogen) atoms. The van der Waals surface area contributed by atoms with Gasteiger partial charge in [0.25, 0.3) is 0 Å². The maximum atomic E-state index is 11.0. The van der Waals surface area contributed by atoms with Gasteiger partial charge in [-0.1, -0.05) is 24.3 Å². The Morgan fingerprint density at radius 3 is 2.78 bits per heavy atom. The molecule has 0 unspecified atom stereocenters. The maximum Gasteiger partial charge on any atom is 0.306 e. The van der Waals surface area contributed by atoms with Crippen molar-refractivity contribution < 1.29 is 9.53 Å². The number of aryl methyl sites for hydroxylation is 1. The number of nitrogens with one attached hydrogen (secondary N) is 1. The largest absolute Gasteiger partial charge is 0.469 e. The third kappa shape index (κ3) is 3.10. The summed E-state index contributed by atoms with van der Waals surface area (Å²) in [5, 5.41) is 3.40. The molecule has 1 aliphatic carbocycles. The molecule has 1 saturated carbocycles. The molecular weight excluding hydrogens is 226 g/mol. The molecule has 1 aliphatic rings. The van der Waals surface area contributed by atoms with Gasteiger partial charge in [0.15, 0.2) is 0 Å². The molecule has 3 heteroatoms. The maximum absolute atomic E-state index is 11.0. The summed E-state index contributed by atoms with van der Waals surface area (Å²) in [6.07, 6.45) is 2.81. The summed E-state index contributed by atoms with van der Waals surface area (Å²) >= 11 is 0. The Labute approximate surface area is 109 Å². The highest BCUT2D eigenvalue weighted by Gasteiger charge is 2.30. The van der Waals surface area contributed by atoms with Crippen LogP contribution >= 0.6 is 0 Å². The van der Waals surface area contributed by atoms with Gasteiger partial charge in [-0.25, -0.2) is 0 Å². The zero-order valence-corrected chi connectivity index (χ0v) is 11.1. The fourth-order valence-corrected chi connectivity index (χ4v) is 2.56. The summed E-state index contributed by atoms with van der Waals surface area (Å²) in [6, 6.07) is 9.15. The number of hydrogen-bond acceptors (Lipinski definition) is 3. The summed E-state index contributed by atoms with van der Waals surface area (Å²) in [6.45, 7) is 2.89. The fraction of sp³-hybridized carbons (Fsp3) is 0.533. The Kier molecular flexibility index (Phi) is 4.37. The molecule has 0 atom stereocenters. The van der Waals surface area contributed by atoms with Gasteiger partial charge in [0.05, 0.1) is 13.5 Å². The summed E-state index contributed by atoms with van der Waals surface area (Å²) in [4.78, 5) is 11.0. The Morgan fingerprint density at radius 1 is 1.39 bits per heavy atom. The summed E-state index contributed by atoms with van der Waals surface area (Å²) < 4.78 is 4.61. The van der Waals surface area contributed by atoms with Crippen molar-refractivity contribution >= 4 is 5.97 Å². The normalized spacial score (nSPS) is 22.3. The van der Waals surface area contributed by atoms with Crippen LogP contribution in [0.1, 0.15) is 36.3 Å². The first-order chi connectivity index (χ1) is 8.70. The molecule has 1 aromatic rings. The molecule has 1 fully saturated rings. The Bertz CT molecular complexity index is 411. The number of carbonyl (C=O) groups is 1. The molecule has 2 rings (SSSR count). The molecule has 0 aromatic heterocycles. The predicted molar refractivity (Wildman–Crippen MR) is 71.6 cm³/mol. The van der Waals surface area contributed by atoms with E-state index in [1.165, 1.54) is 31.1 Å². The summed E-state index contributed by atoms with van der Waals surface area (Å²) in [7, 11) is 1.43. The van der Waals surface area contributed by atoms with E-state index in [2.05, 4.69) is 41.2 Å². The number of hydrogen-bond donors (Lipinski definition) is 1. The second-order valence-corrected chi connectivity index (χ2v) is 5.00. The third-order valence-electron chi connectivity index (χ3n) is 3.76. The first-order valence-electron chi connectivity index (χ1n) is 6.56. The van der Waals surface area contributed by atoms with Gasteiger partial charge >= 0.3 is 5.97 Å². The van der Waals surface area contributed by atoms with Crippen LogP contribution < -0.4 is 5.32 Å². The van der Waals surface area contributed by atoms with Crippen molar-refractivity contribution in [2.75, 3.05) is 13.7 Å². The lowest BCUT2D eigenvalue weighted by atomic mass is 9.74. The van der Waals surface area contributed by atoms with Gasteiger partial charge in [0.2, 0.25) is 0 Å². The standard InChI is InChI=1S/C15H21NO2/c1-11-5-3-4-6-14(11)12-9-13(10-12)16-8-7-15(17)18-2/h3-6,12-13,16H,7-10H2,1-2H3. The molecular formula is C15H21NO2. The van der Waals surface area contributed by atoms with Crippen molar-refractivity contribution in [1.82, 2.24) is 5.32 Å². The van der Waals surface area contributed by atoms with Crippen molar-refractivity contribution in [2.45, 2.75) is 38.1 Å². The molecule has 98 valence electrons. The number of ether oxygens (including phenoxy) is 1. The van der Waals surface area contributed by atoms with Crippen molar-refractivity contribution in [3.8, 4) is 0 Å². The Morgan fingerprint density at radius 2 is 2.11 bits per heavy atom. The van der Waals surface area contributed by atoms with E-state index < -0.39 is 0 Å². The molecule has 0 saturated heterocycles. The quantitative estimate of drug-likeness (QED) is 0.812. The first kappa shape index (κ1) is 13.1. The number of rotatable bonds is 5. The number of benzene rings is 1. The van der Waals surface area contributed by atoms with Gasteiger partial charge in [0.1, 0.15) is 0 Å². The average molecular weight is 247 g/mol. The average Bonchev–Trinajstić information content (AvgIpc) is 2.33. The van der Waals surface area contributed by atoms with Crippen molar-refractivity contribution in [1.29, 1.82) is 0 Å². The predicted octanol–water partition coefficient (Wildman–Crippen LogP) is 2.39. The topological polar surface area (TPSA) is 38.3 Å². The van der Waals surface area contributed by atoms with Crippen LogP contribution in [-0.4, -0.2) is 25.7 Å². The van der Waals surface area contributed by atoms with Crippen LogP contribution in [0.4, 0.5) is 0 Å². The molecule has 0 amide bonds. The van der Waals surface area contributed by atoms with E-state index >= 15 is 0 Å². The highest BCUT2D eigenvalue weighted by molar-refractivity contribution is 5.69. The van der Waals surface area contributed by atoms with Gasteiger partial charge in [-0.2, -0.15) is 0 Å². The number of methoxy groups -OCH3 is 1. The Hall–Kier alpha value is -1.35. The van der Waals surface area contributed by atoms with Gasteiger partial charge in [-0.05, 0) is 36.8 Å². The molecule has 3 nitrogen and oxygen atoms in total. The van der Waals surface area contributed by atoms with Crippen LogP contribution in [-0.2, 0) is 9.53 Å². The lowest BCUT2D eigenvalue weighted by molar-refractivity contribution is -0.140. The van der Waals surface area contributed by atoms with Gasteiger partial charge in [-0.15, -0.1) is 0 Å². The smallest absolute Gasteiger partial charge is 0.306 e. The minimum absolute atomic E-state index is 0.141. The SMILES string of the molecule is COC(=O)CCNC1CC(c2ccccc2C)C1. The third-order valence-corrected chi connectivity index (χ3v) is 3.76. The van der Waals surface area contributed by atoms with E-state index in [9.17, 15) is 4.79 Å². The first-order valence-corrected chi connectivity index (χ1v) is 6.56. The van der Waals surface area contributed by atoms with Gasteiger partial charge in [0, 0.05) is 12.6 Å². The highest BCUT2D eigenvalue weighted by Crippen LogP contribution is 2.38. The van der Waals surface area contributed by atoms with Crippen LogP contribution in [0.3, 0.4) is 0 Å². The summed E-state index contributed by atoms with van der Waals surface area (Å²) in [5.41, 5.74) is 2.86. The molecule has 0 aliphatic heterocycles. The Balaban J connectivity index is 1.71. The molecule has 0 radical (unpaired) electrons. The molecule has 1 N–H and O–H groups in total. The second kappa shape index (κ2) is 6.01. The van der Waals surface area contributed by atoms with Crippen LogP contribution in [0, 0.1) is 6.92 Å². The zero-order chi connectivity index (χ0) is 13.0. The van der Waals surface area contributed by atoms with E-state index in [4.69, 9.17) is 0 Å². The van der Waals surface area contributed by atoms with Crippen LogP contribution in [0.25, 0.3) is 0 Å². The van der Waals surface area contributed by atoms with E-state index in [0.29, 0.717) is 18.4 Å². The molecule has 0 heterocycles. The van der Waals surface area contributed by atoms with Crippen LogP contribution in [0.2, 0.25) is 0 Å². The van der Waals surface area contributed by atoms with Crippen molar-refractivity contribution in [3.05, 3.63) is 35.4 Å². The van der Waals surface area contributed by atoms with Crippen LogP contribution in [0.5, 0.6) is 0 Å².